The molecule has 0 fully saturated rings. The SMILES string of the molecule is CN(C)C(=O)CNC(=O)COC(=O)/C=C/c1ccccc1F. The predicted octanol–water partition coefficient (Wildman–Crippen LogP) is 0.587. The van der Waals surface area contributed by atoms with Gasteiger partial charge in [0, 0.05) is 25.7 Å². The third kappa shape index (κ3) is 6.17. The van der Waals surface area contributed by atoms with Gasteiger partial charge in [-0.1, -0.05) is 18.2 Å². The Bertz CT molecular complexity index is 585. The second-order valence-corrected chi connectivity index (χ2v) is 4.53. The van der Waals surface area contributed by atoms with Crippen LogP contribution in [0.15, 0.2) is 30.3 Å². The molecule has 0 unspecified atom stereocenters. The van der Waals surface area contributed by atoms with Crippen molar-refractivity contribution in [3.8, 4) is 0 Å². The predicted molar refractivity (Wildman–Crippen MR) is 78.1 cm³/mol. The van der Waals surface area contributed by atoms with Crippen molar-refractivity contribution in [2.75, 3.05) is 27.2 Å². The number of nitrogens with one attached hydrogen (secondary N) is 1. The second-order valence-electron chi connectivity index (χ2n) is 4.53. The fourth-order valence-electron chi connectivity index (χ4n) is 1.34. The highest BCUT2D eigenvalue weighted by Crippen LogP contribution is 2.07. The van der Waals surface area contributed by atoms with Crippen molar-refractivity contribution in [2.24, 2.45) is 0 Å². The minimum absolute atomic E-state index is 0.172. The molecule has 7 heteroatoms. The van der Waals surface area contributed by atoms with E-state index >= 15 is 0 Å². The van der Waals surface area contributed by atoms with E-state index in [9.17, 15) is 18.8 Å². The normalized spacial score (nSPS) is 10.3. The number of nitrogens with zero attached hydrogens (tertiary/aromatic N) is 1. The van der Waals surface area contributed by atoms with E-state index in [0.717, 1.165) is 6.08 Å². The van der Waals surface area contributed by atoms with Crippen LogP contribution >= 0.6 is 0 Å². The molecule has 0 saturated heterocycles. The van der Waals surface area contributed by atoms with Crippen molar-refractivity contribution < 1.29 is 23.5 Å². The molecule has 6 nitrogen and oxygen atoms in total. The summed E-state index contributed by atoms with van der Waals surface area (Å²) in [7, 11) is 3.12. The average molecular weight is 308 g/mol. The van der Waals surface area contributed by atoms with E-state index in [1.807, 2.05) is 0 Å². The van der Waals surface area contributed by atoms with Gasteiger partial charge in [0.25, 0.3) is 5.91 Å². The lowest BCUT2D eigenvalue weighted by atomic mass is 10.2. The van der Waals surface area contributed by atoms with Crippen molar-refractivity contribution in [1.82, 2.24) is 10.2 Å². The number of hydrogen-bond donors (Lipinski definition) is 1. The van der Waals surface area contributed by atoms with Crippen LogP contribution < -0.4 is 5.32 Å². The van der Waals surface area contributed by atoms with Crippen LogP contribution in [0.25, 0.3) is 6.08 Å². The Labute approximate surface area is 127 Å². The third-order valence-electron chi connectivity index (χ3n) is 2.59. The van der Waals surface area contributed by atoms with Gasteiger partial charge in [-0.05, 0) is 12.1 Å². The Morgan fingerprint density at radius 2 is 1.95 bits per heavy atom. The Hall–Kier alpha value is -2.70. The topological polar surface area (TPSA) is 75.7 Å². The summed E-state index contributed by atoms with van der Waals surface area (Å²) in [4.78, 5) is 35.3. The van der Waals surface area contributed by atoms with E-state index in [0.29, 0.717) is 0 Å². The van der Waals surface area contributed by atoms with E-state index < -0.39 is 24.3 Å². The zero-order chi connectivity index (χ0) is 16.5. The van der Waals surface area contributed by atoms with E-state index in [1.165, 1.54) is 29.2 Å². The van der Waals surface area contributed by atoms with Crippen LogP contribution in [0, 0.1) is 5.82 Å². The molecule has 1 rings (SSSR count). The first kappa shape index (κ1) is 17.4. The van der Waals surface area contributed by atoms with Crippen LogP contribution in [0.1, 0.15) is 5.56 Å². The smallest absolute Gasteiger partial charge is 0.331 e. The molecular weight excluding hydrogens is 291 g/mol. The van der Waals surface area contributed by atoms with Crippen molar-refractivity contribution in [3.05, 3.63) is 41.7 Å². The van der Waals surface area contributed by atoms with Gasteiger partial charge in [0.15, 0.2) is 6.61 Å². The summed E-state index contributed by atoms with van der Waals surface area (Å²) >= 11 is 0. The molecule has 1 N–H and O–H groups in total. The molecule has 22 heavy (non-hydrogen) atoms. The van der Waals surface area contributed by atoms with Crippen molar-refractivity contribution in [2.45, 2.75) is 0 Å². The highest BCUT2D eigenvalue weighted by molar-refractivity contribution is 5.90. The van der Waals surface area contributed by atoms with Crippen molar-refractivity contribution in [1.29, 1.82) is 0 Å². The Morgan fingerprint density at radius 3 is 2.59 bits per heavy atom. The number of amides is 2. The molecule has 0 bridgehead atoms. The molecule has 118 valence electrons. The largest absolute Gasteiger partial charge is 0.452 e. The van der Waals surface area contributed by atoms with Crippen LogP contribution in [0.2, 0.25) is 0 Å². The summed E-state index contributed by atoms with van der Waals surface area (Å²) in [5, 5.41) is 2.31. The molecule has 0 aromatic heterocycles. The number of hydrogen-bond acceptors (Lipinski definition) is 4. The van der Waals surface area contributed by atoms with Gasteiger partial charge < -0.3 is 15.0 Å². The monoisotopic (exact) mass is 308 g/mol. The molecule has 0 aliphatic rings. The molecular formula is C15H17FN2O4. The zero-order valence-electron chi connectivity index (χ0n) is 12.3. The van der Waals surface area contributed by atoms with Crippen LogP contribution in [0.4, 0.5) is 4.39 Å². The lowest BCUT2D eigenvalue weighted by Crippen LogP contribution is -2.38. The number of rotatable bonds is 6. The summed E-state index contributed by atoms with van der Waals surface area (Å²) in [5.74, 6) is -2.12. The number of likely N-dealkylation sites (N-methyl/N-ethyl adjacent to an activating group) is 1. The summed E-state index contributed by atoms with van der Waals surface area (Å²) in [6.07, 6.45) is 2.28. The Morgan fingerprint density at radius 1 is 1.27 bits per heavy atom. The van der Waals surface area contributed by atoms with Gasteiger partial charge in [0.05, 0.1) is 6.54 Å². The minimum Gasteiger partial charge on any atom is -0.452 e. The highest BCUT2D eigenvalue weighted by Gasteiger charge is 2.08. The second kappa shape index (κ2) is 8.56. The van der Waals surface area contributed by atoms with Gasteiger partial charge in [0.1, 0.15) is 5.82 Å². The van der Waals surface area contributed by atoms with E-state index in [2.05, 4.69) is 10.1 Å². The van der Waals surface area contributed by atoms with Crippen molar-refractivity contribution >= 4 is 23.9 Å². The number of ether oxygens (including phenoxy) is 1. The van der Waals surface area contributed by atoms with E-state index in [1.54, 1.807) is 20.2 Å². The van der Waals surface area contributed by atoms with Gasteiger partial charge in [-0.2, -0.15) is 0 Å². The van der Waals surface area contributed by atoms with Crippen LogP contribution in [-0.4, -0.2) is 49.9 Å². The summed E-state index contributed by atoms with van der Waals surface area (Å²) in [6, 6.07) is 5.92. The molecule has 0 atom stereocenters. The molecule has 1 aromatic carbocycles. The van der Waals surface area contributed by atoms with Gasteiger partial charge in [-0.15, -0.1) is 0 Å². The number of halogens is 1. The minimum atomic E-state index is -0.780. The van der Waals surface area contributed by atoms with Gasteiger partial charge >= 0.3 is 5.97 Å². The number of carbonyl (C=O) groups is 3. The van der Waals surface area contributed by atoms with Gasteiger partial charge in [0.2, 0.25) is 5.91 Å². The first-order valence-corrected chi connectivity index (χ1v) is 6.46. The quantitative estimate of drug-likeness (QED) is 0.616. The summed E-state index contributed by atoms with van der Waals surface area (Å²) < 4.78 is 18.0. The van der Waals surface area contributed by atoms with E-state index in [-0.39, 0.29) is 18.0 Å². The first-order chi connectivity index (χ1) is 10.4. The molecule has 2 amide bonds. The van der Waals surface area contributed by atoms with Gasteiger partial charge in [-0.25, -0.2) is 9.18 Å². The maximum absolute atomic E-state index is 13.3. The molecule has 0 spiro atoms. The fraction of sp³-hybridized carbons (Fsp3) is 0.267. The number of benzene rings is 1. The van der Waals surface area contributed by atoms with Crippen molar-refractivity contribution in [3.63, 3.8) is 0 Å². The Balaban J connectivity index is 2.35. The highest BCUT2D eigenvalue weighted by atomic mass is 19.1. The first-order valence-electron chi connectivity index (χ1n) is 6.46. The molecule has 0 saturated carbocycles. The van der Waals surface area contributed by atoms with Crippen LogP contribution in [0.3, 0.4) is 0 Å². The number of esters is 1. The summed E-state index contributed by atoms with van der Waals surface area (Å²) in [6.45, 7) is -0.685. The van der Waals surface area contributed by atoms with Gasteiger partial charge in [-0.3, -0.25) is 9.59 Å². The third-order valence-corrected chi connectivity index (χ3v) is 2.59. The fourth-order valence-corrected chi connectivity index (χ4v) is 1.34. The van der Waals surface area contributed by atoms with Crippen LogP contribution in [0.5, 0.6) is 0 Å². The molecule has 0 heterocycles. The standard InChI is InChI=1S/C15H17FN2O4/c1-18(2)14(20)9-17-13(19)10-22-15(21)8-7-11-5-3-4-6-12(11)16/h3-8H,9-10H2,1-2H3,(H,17,19)/b8-7+. The lowest BCUT2D eigenvalue weighted by molar-refractivity contribution is -0.144. The molecule has 0 radical (unpaired) electrons. The maximum atomic E-state index is 13.3. The lowest BCUT2D eigenvalue weighted by Gasteiger charge is -2.10. The molecule has 0 aliphatic carbocycles. The summed E-state index contributed by atoms with van der Waals surface area (Å²) in [5.41, 5.74) is 0.237. The van der Waals surface area contributed by atoms with Crippen LogP contribution in [-0.2, 0) is 19.1 Å². The van der Waals surface area contributed by atoms with E-state index in [4.69, 9.17) is 0 Å². The number of carbonyl (C=O) groups excluding carboxylic acids is 3. The molecule has 1 aromatic rings. The maximum Gasteiger partial charge on any atom is 0.331 e. The molecule has 0 aliphatic heterocycles. The average Bonchev–Trinajstić information content (AvgIpc) is 2.49. The Kier molecular flexibility index (Phi) is 6.75. The zero-order valence-corrected chi connectivity index (χ0v) is 12.3.